The third-order valence-electron chi connectivity index (χ3n) is 1.42. The number of H-pyrrole nitrogens is 4. The molecule has 0 aliphatic carbocycles. The average molecular weight is 211 g/mol. The molecule has 0 unspecified atom stereocenters. The van der Waals surface area contributed by atoms with Crippen LogP contribution in [0.25, 0.3) is 11.2 Å². The van der Waals surface area contributed by atoms with Crippen molar-refractivity contribution in [2.75, 3.05) is 0 Å². The van der Waals surface area contributed by atoms with Gasteiger partial charge in [-0.15, -0.1) is 0 Å². The quantitative estimate of drug-likeness (QED) is 0.385. The van der Waals surface area contributed by atoms with Crippen molar-refractivity contribution in [2.24, 2.45) is 0 Å². The van der Waals surface area contributed by atoms with E-state index in [2.05, 4.69) is 15.0 Å². The molecule has 2 rings (SSSR count). The van der Waals surface area contributed by atoms with Gasteiger partial charge in [-0.05, 0) is 0 Å². The summed E-state index contributed by atoms with van der Waals surface area (Å²) in [5, 5.41) is 0. The largest absolute Gasteiger partial charge is 2.00 e. The summed E-state index contributed by atoms with van der Waals surface area (Å²) in [6, 6.07) is 0. The van der Waals surface area contributed by atoms with Crippen molar-refractivity contribution in [1.82, 2.24) is 19.9 Å². The van der Waals surface area contributed by atoms with Crippen LogP contribution in [0, 0.1) is 0 Å². The zero-order valence-electron chi connectivity index (χ0n) is 9.43. The summed E-state index contributed by atoms with van der Waals surface area (Å²) in [7, 11) is 0. The van der Waals surface area contributed by atoms with Crippen LogP contribution in [-0.4, -0.2) is 57.7 Å². The van der Waals surface area contributed by atoms with Gasteiger partial charge in [0, 0.05) is 0 Å². The SMILES string of the molecule is O=c1[nH]c(=O)c2[nH]c(=O)[nH]c2[nH]1.[Ca+2].[H+].[H-].[H-]. The van der Waals surface area contributed by atoms with Gasteiger partial charge >= 0.3 is 50.5 Å². The van der Waals surface area contributed by atoms with Crippen molar-refractivity contribution >= 4 is 48.9 Å². The van der Waals surface area contributed by atoms with E-state index in [0.29, 0.717) is 0 Å². The van der Waals surface area contributed by atoms with Gasteiger partial charge in [0.2, 0.25) is 0 Å². The molecule has 7 nitrogen and oxygen atoms in total. The Morgan fingerprint density at radius 1 is 0.923 bits per heavy atom. The zero-order valence-corrected chi connectivity index (χ0v) is 8.64. The molecule has 0 aliphatic heterocycles. The fourth-order valence-corrected chi connectivity index (χ4v) is 0.958. The molecule has 13 heavy (non-hydrogen) atoms. The Kier molecular flexibility index (Phi) is 2.79. The third kappa shape index (κ3) is 1.77. The number of nitrogens with one attached hydrogen (secondary N) is 4. The minimum absolute atomic E-state index is 0. The fraction of sp³-hybridized carbons (Fsp3) is 0. The monoisotopic (exact) mass is 211 g/mol. The van der Waals surface area contributed by atoms with E-state index in [-0.39, 0.29) is 53.2 Å². The molecule has 2 heterocycles. The number of fused-ring (bicyclic) bond motifs is 1. The molecule has 4 N–H and O–H groups in total. The van der Waals surface area contributed by atoms with E-state index >= 15 is 0 Å². The maximum atomic E-state index is 10.9. The Bertz CT molecular complexity index is 599. The predicted octanol–water partition coefficient (Wildman–Crippen LogP) is -1.81. The van der Waals surface area contributed by atoms with Crippen molar-refractivity contribution in [3.8, 4) is 0 Å². The van der Waals surface area contributed by atoms with Crippen molar-refractivity contribution < 1.29 is 4.28 Å². The topological polar surface area (TPSA) is 114 Å². The summed E-state index contributed by atoms with van der Waals surface area (Å²) in [5.74, 6) is 0. The summed E-state index contributed by atoms with van der Waals surface area (Å²) in [4.78, 5) is 41.0. The van der Waals surface area contributed by atoms with Gasteiger partial charge in [0.25, 0.3) is 5.56 Å². The van der Waals surface area contributed by atoms with Crippen LogP contribution in [0.1, 0.15) is 4.28 Å². The van der Waals surface area contributed by atoms with E-state index in [1.165, 1.54) is 0 Å². The van der Waals surface area contributed by atoms with Crippen LogP contribution in [0.15, 0.2) is 14.4 Å². The molecule has 0 spiro atoms. The summed E-state index contributed by atoms with van der Waals surface area (Å²) in [6.07, 6.45) is 0. The molecule has 0 aliphatic rings. The van der Waals surface area contributed by atoms with E-state index in [9.17, 15) is 14.4 Å². The summed E-state index contributed by atoms with van der Waals surface area (Å²) < 4.78 is 0. The number of imidazole rings is 1. The minimum atomic E-state index is -0.650. The average Bonchev–Trinajstić information content (AvgIpc) is 2.29. The molecule has 8 heteroatoms. The van der Waals surface area contributed by atoms with Crippen LogP contribution in [0.2, 0.25) is 0 Å². The normalized spacial score (nSPS) is 9.85. The van der Waals surface area contributed by atoms with Crippen molar-refractivity contribution in [1.29, 1.82) is 0 Å². The molecule has 0 aromatic carbocycles. The first-order chi connectivity index (χ1) is 5.66. The first kappa shape index (κ1) is 10.3. The Hall–Kier alpha value is -0.790. The van der Waals surface area contributed by atoms with E-state index in [0.717, 1.165) is 0 Å². The minimum Gasteiger partial charge on any atom is -1.00 e. The summed E-state index contributed by atoms with van der Waals surface area (Å²) >= 11 is 0. The van der Waals surface area contributed by atoms with Crippen LogP contribution in [-0.2, 0) is 0 Å². The molecule has 0 radical (unpaired) electrons. The van der Waals surface area contributed by atoms with Gasteiger partial charge in [-0.25, -0.2) is 9.59 Å². The van der Waals surface area contributed by atoms with Gasteiger partial charge < -0.3 is 2.85 Å². The maximum Gasteiger partial charge on any atom is 2.00 e. The Balaban J connectivity index is -0.000000422. The van der Waals surface area contributed by atoms with E-state index in [1.807, 2.05) is 4.98 Å². The molecule has 66 valence electrons. The molecular formula is C5H7CaN4O3+. The second-order valence-corrected chi connectivity index (χ2v) is 2.24. The van der Waals surface area contributed by atoms with Gasteiger partial charge in [-0.2, -0.15) is 0 Å². The molecule has 2 aromatic heterocycles. The number of hydrogen-bond donors (Lipinski definition) is 4. The fourth-order valence-electron chi connectivity index (χ4n) is 0.958. The molecular weight excluding hydrogens is 204 g/mol. The third-order valence-corrected chi connectivity index (χ3v) is 1.42. The first-order valence-electron chi connectivity index (χ1n) is 3.11. The van der Waals surface area contributed by atoms with Crippen LogP contribution in [0.3, 0.4) is 0 Å². The first-order valence-corrected chi connectivity index (χ1v) is 3.11. The Morgan fingerprint density at radius 3 is 2.08 bits per heavy atom. The number of hydrogen-bond acceptors (Lipinski definition) is 3. The maximum absolute atomic E-state index is 10.9. The van der Waals surface area contributed by atoms with Crippen molar-refractivity contribution in [3.05, 3.63) is 31.3 Å². The molecule has 0 saturated carbocycles. The van der Waals surface area contributed by atoms with Gasteiger partial charge in [0.05, 0.1) is 0 Å². The molecule has 0 saturated heterocycles. The Labute approximate surface area is 104 Å². The zero-order chi connectivity index (χ0) is 8.72. The van der Waals surface area contributed by atoms with E-state index in [4.69, 9.17) is 0 Å². The van der Waals surface area contributed by atoms with Crippen molar-refractivity contribution in [3.63, 3.8) is 0 Å². The summed E-state index contributed by atoms with van der Waals surface area (Å²) in [5.41, 5.74) is -1.65. The van der Waals surface area contributed by atoms with E-state index in [1.54, 1.807) is 0 Å². The standard InChI is InChI=1S/C5H4N4O3.Ca.2H/c10-3-1-2(7-4(11)6-1)8-5(12)9-3;;;/h(H4,6,7,8,9,10,11,12);;;/q;+2;2*-1/p+1. The smallest absolute Gasteiger partial charge is 1.00 e. The van der Waals surface area contributed by atoms with Gasteiger partial charge in [0.1, 0.15) is 11.2 Å². The van der Waals surface area contributed by atoms with Crippen LogP contribution >= 0.6 is 0 Å². The molecule has 0 amide bonds. The van der Waals surface area contributed by atoms with Crippen LogP contribution < -0.4 is 16.9 Å². The number of rotatable bonds is 0. The van der Waals surface area contributed by atoms with E-state index < -0.39 is 16.9 Å². The van der Waals surface area contributed by atoms with Crippen LogP contribution in [0.5, 0.6) is 0 Å². The van der Waals surface area contributed by atoms with Gasteiger partial charge in [0.15, 0.2) is 0 Å². The molecule has 2 aromatic rings. The van der Waals surface area contributed by atoms with Gasteiger partial charge in [-0.1, -0.05) is 0 Å². The molecule has 0 atom stereocenters. The number of aromatic amines is 4. The second-order valence-electron chi connectivity index (χ2n) is 2.24. The second kappa shape index (κ2) is 3.52. The Morgan fingerprint density at radius 2 is 1.46 bits per heavy atom. The van der Waals surface area contributed by atoms with Crippen molar-refractivity contribution in [2.45, 2.75) is 0 Å². The predicted molar refractivity (Wildman–Crippen MR) is 49.3 cm³/mol. The summed E-state index contributed by atoms with van der Waals surface area (Å²) in [6.45, 7) is 0. The molecule has 0 fully saturated rings. The number of aromatic nitrogens is 4. The van der Waals surface area contributed by atoms with Gasteiger partial charge in [-0.3, -0.25) is 24.7 Å². The molecule has 0 bridgehead atoms. The van der Waals surface area contributed by atoms with Crippen LogP contribution in [0.4, 0.5) is 0 Å².